The van der Waals surface area contributed by atoms with Gasteiger partial charge in [-0.15, -0.1) is 0 Å². The molecule has 0 saturated carbocycles. The molecule has 1 aromatic carbocycles. The van der Waals surface area contributed by atoms with Gasteiger partial charge in [-0.3, -0.25) is 4.79 Å². The van der Waals surface area contributed by atoms with Crippen molar-refractivity contribution in [2.24, 2.45) is 0 Å². The summed E-state index contributed by atoms with van der Waals surface area (Å²) < 4.78 is 0. The van der Waals surface area contributed by atoms with Gasteiger partial charge in [-0.1, -0.05) is 18.2 Å². The molecule has 0 aliphatic rings. The quantitative estimate of drug-likeness (QED) is 0.736. The van der Waals surface area contributed by atoms with Crippen LogP contribution in [0.4, 0.5) is 4.79 Å². The molecular weight excluding hydrogens is 288 g/mol. The van der Waals surface area contributed by atoms with Crippen molar-refractivity contribution in [3.05, 3.63) is 34.9 Å². The number of carboxylic acids is 2. The molecule has 0 aromatic heterocycles. The molecule has 0 heterocycles. The fourth-order valence-electron chi connectivity index (χ4n) is 1.94. The van der Waals surface area contributed by atoms with Gasteiger partial charge in [0.2, 0.25) is 0 Å². The molecule has 0 spiro atoms. The third-order valence-electron chi connectivity index (χ3n) is 3.45. The van der Waals surface area contributed by atoms with E-state index in [4.69, 9.17) is 10.2 Å². The molecule has 2 amide bonds. The van der Waals surface area contributed by atoms with Gasteiger partial charge < -0.3 is 20.4 Å². The molecule has 0 saturated heterocycles. The van der Waals surface area contributed by atoms with Crippen LogP contribution in [0.1, 0.15) is 23.1 Å². The summed E-state index contributed by atoms with van der Waals surface area (Å²) in [6, 6.07) is 3.65. The van der Waals surface area contributed by atoms with Gasteiger partial charge in [-0.25, -0.2) is 9.59 Å². The van der Waals surface area contributed by atoms with Crippen LogP contribution in [0, 0.1) is 13.8 Å². The summed E-state index contributed by atoms with van der Waals surface area (Å²) in [7, 11) is 1.52. The van der Waals surface area contributed by atoms with Crippen molar-refractivity contribution in [3.63, 3.8) is 0 Å². The van der Waals surface area contributed by atoms with Gasteiger partial charge >= 0.3 is 18.0 Å². The Balaban J connectivity index is 2.74. The SMILES string of the molecule is Cc1cccc(CN(C)C(=O)N[C@H](CC(=O)O)C(=O)O)c1C. The Labute approximate surface area is 128 Å². The van der Waals surface area contributed by atoms with Gasteiger partial charge in [-0.05, 0) is 30.5 Å². The van der Waals surface area contributed by atoms with Crippen molar-refractivity contribution in [2.75, 3.05) is 7.05 Å². The molecule has 0 fully saturated rings. The highest BCUT2D eigenvalue weighted by Gasteiger charge is 2.24. The number of rotatable bonds is 6. The van der Waals surface area contributed by atoms with E-state index in [1.165, 1.54) is 11.9 Å². The number of amides is 2. The van der Waals surface area contributed by atoms with Crippen LogP contribution >= 0.6 is 0 Å². The first-order valence-corrected chi connectivity index (χ1v) is 6.73. The van der Waals surface area contributed by atoms with Crippen LogP contribution < -0.4 is 5.32 Å². The monoisotopic (exact) mass is 308 g/mol. The minimum absolute atomic E-state index is 0.304. The largest absolute Gasteiger partial charge is 0.481 e. The number of hydrogen-bond acceptors (Lipinski definition) is 3. The van der Waals surface area contributed by atoms with Crippen molar-refractivity contribution >= 4 is 18.0 Å². The van der Waals surface area contributed by atoms with Gasteiger partial charge in [0.25, 0.3) is 0 Å². The highest BCUT2D eigenvalue weighted by atomic mass is 16.4. The highest BCUT2D eigenvalue weighted by molar-refractivity contribution is 5.86. The summed E-state index contributed by atoms with van der Waals surface area (Å²) >= 11 is 0. The highest BCUT2D eigenvalue weighted by Crippen LogP contribution is 2.14. The van der Waals surface area contributed by atoms with E-state index in [-0.39, 0.29) is 0 Å². The second-order valence-corrected chi connectivity index (χ2v) is 5.15. The second kappa shape index (κ2) is 7.44. The van der Waals surface area contributed by atoms with E-state index >= 15 is 0 Å². The normalized spacial score (nSPS) is 11.6. The minimum atomic E-state index is -1.45. The molecule has 1 atom stereocenters. The molecular formula is C15H20N2O5. The number of hydrogen-bond donors (Lipinski definition) is 3. The smallest absolute Gasteiger partial charge is 0.326 e. The second-order valence-electron chi connectivity index (χ2n) is 5.15. The van der Waals surface area contributed by atoms with E-state index in [2.05, 4.69) is 5.32 Å². The summed E-state index contributed by atoms with van der Waals surface area (Å²) in [4.78, 5) is 34.9. The summed E-state index contributed by atoms with van der Waals surface area (Å²) in [5.74, 6) is -2.67. The van der Waals surface area contributed by atoms with Crippen molar-refractivity contribution < 1.29 is 24.6 Å². The number of benzene rings is 1. The lowest BCUT2D eigenvalue weighted by Gasteiger charge is -2.22. The fourth-order valence-corrected chi connectivity index (χ4v) is 1.94. The molecule has 0 aliphatic heterocycles. The van der Waals surface area contributed by atoms with Crippen LogP contribution in [0.3, 0.4) is 0 Å². The average Bonchev–Trinajstić information content (AvgIpc) is 2.42. The zero-order valence-electron chi connectivity index (χ0n) is 12.8. The molecule has 1 rings (SSSR count). The molecule has 0 unspecified atom stereocenters. The molecule has 0 radical (unpaired) electrons. The molecule has 0 bridgehead atoms. The maximum atomic E-state index is 12.0. The molecule has 7 nitrogen and oxygen atoms in total. The van der Waals surface area contributed by atoms with E-state index in [0.717, 1.165) is 16.7 Å². The molecule has 120 valence electrons. The molecule has 22 heavy (non-hydrogen) atoms. The zero-order valence-corrected chi connectivity index (χ0v) is 12.8. The number of carboxylic acid groups (broad SMARTS) is 2. The number of carbonyl (C=O) groups excluding carboxylic acids is 1. The first-order valence-electron chi connectivity index (χ1n) is 6.73. The van der Waals surface area contributed by atoms with E-state index in [0.29, 0.717) is 6.54 Å². The van der Waals surface area contributed by atoms with Gasteiger partial charge in [0.1, 0.15) is 6.04 Å². The average molecular weight is 308 g/mol. The Hall–Kier alpha value is -2.57. The van der Waals surface area contributed by atoms with Crippen LogP contribution in [-0.4, -0.2) is 46.2 Å². The third kappa shape index (κ3) is 4.76. The van der Waals surface area contributed by atoms with Gasteiger partial charge in [-0.2, -0.15) is 0 Å². The van der Waals surface area contributed by atoms with E-state index in [9.17, 15) is 14.4 Å². The first kappa shape index (κ1) is 17.5. The lowest BCUT2D eigenvalue weighted by Crippen LogP contribution is -2.47. The Kier molecular flexibility index (Phi) is 5.91. The predicted octanol–water partition coefficient (Wildman–Crippen LogP) is 1.37. The zero-order chi connectivity index (χ0) is 16.9. The maximum absolute atomic E-state index is 12.0. The van der Waals surface area contributed by atoms with Crippen molar-refractivity contribution in [1.29, 1.82) is 0 Å². The van der Waals surface area contributed by atoms with E-state index in [1.54, 1.807) is 0 Å². The standard InChI is InChI=1S/C15H20N2O5/c1-9-5-4-6-11(10(9)2)8-17(3)15(22)16-12(14(20)21)7-13(18)19/h4-6,12H,7-8H2,1-3H3,(H,16,22)(H,18,19)(H,20,21)/t12-/m1/s1. The number of urea groups is 1. The van der Waals surface area contributed by atoms with Crippen molar-refractivity contribution in [3.8, 4) is 0 Å². The number of nitrogens with zero attached hydrogens (tertiary/aromatic N) is 1. The predicted molar refractivity (Wildman–Crippen MR) is 79.6 cm³/mol. The number of nitrogens with one attached hydrogen (secondary N) is 1. The van der Waals surface area contributed by atoms with Crippen LogP contribution in [0.5, 0.6) is 0 Å². The molecule has 3 N–H and O–H groups in total. The van der Waals surface area contributed by atoms with Crippen LogP contribution in [-0.2, 0) is 16.1 Å². The Bertz CT molecular complexity index is 585. The van der Waals surface area contributed by atoms with E-state index < -0.39 is 30.4 Å². The van der Waals surface area contributed by atoms with Crippen LogP contribution in [0.2, 0.25) is 0 Å². The van der Waals surface area contributed by atoms with Gasteiger partial charge in [0.15, 0.2) is 0 Å². The topological polar surface area (TPSA) is 107 Å². The Morgan fingerprint density at radius 2 is 1.86 bits per heavy atom. The summed E-state index contributed by atoms with van der Waals surface area (Å²) in [5, 5.41) is 19.8. The van der Waals surface area contributed by atoms with Crippen molar-refractivity contribution in [2.45, 2.75) is 32.9 Å². The minimum Gasteiger partial charge on any atom is -0.481 e. The molecule has 0 aliphatic carbocycles. The van der Waals surface area contributed by atoms with Crippen LogP contribution in [0.25, 0.3) is 0 Å². The number of aryl methyl sites for hydroxylation is 1. The fraction of sp³-hybridized carbons (Fsp3) is 0.400. The van der Waals surface area contributed by atoms with Gasteiger partial charge in [0.05, 0.1) is 6.42 Å². The Morgan fingerprint density at radius 1 is 1.23 bits per heavy atom. The molecule has 7 heteroatoms. The number of aliphatic carboxylic acids is 2. The lowest BCUT2D eigenvalue weighted by molar-refractivity contribution is -0.145. The van der Waals surface area contributed by atoms with Gasteiger partial charge in [0, 0.05) is 13.6 Å². The lowest BCUT2D eigenvalue weighted by atomic mass is 10.0. The summed E-state index contributed by atoms with van der Waals surface area (Å²) in [5.41, 5.74) is 3.10. The summed E-state index contributed by atoms with van der Waals surface area (Å²) in [6.07, 6.45) is -0.668. The van der Waals surface area contributed by atoms with Crippen LogP contribution in [0.15, 0.2) is 18.2 Å². The number of carbonyl (C=O) groups is 3. The first-order chi connectivity index (χ1) is 10.2. The third-order valence-corrected chi connectivity index (χ3v) is 3.45. The molecule has 1 aromatic rings. The summed E-state index contributed by atoms with van der Waals surface area (Å²) in [6.45, 7) is 4.21. The van der Waals surface area contributed by atoms with E-state index in [1.807, 2.05) is 32.0 Å². The maximum Gasteiger partial charge on any atom is 0.326 e. The van der Waals surface area contributed by atoms with Crippen molar-refractivity contribution in [1.82, 2.24) is 10.2 Å². The Morgan fingerprint density at radius 3 is 2.41 bits per heavy atom.